The van der Waals surface area contributed by atoms with Gasteiger partial charge in [0.05, 0.1) is 18.9 Å². The highest BCUT2D eigenvalue weighted by Crippen LogP contribution is 2.59. The first-order chi connectivity index (χ1) is 13.4. The SMILES string of the molecule is COC(=O)[C@@]12C(=O)C=CC(=O)C1C1C(=C[C@@H]2C)OC2OC3(CCCCC3)OC21. The van der Waals surface area contributed by atoms with E-state index in [1.807, 2.05) is 0 Å². The maximum atomic E-state index is 13.0. The summed E-state index contributed by atoms with van der Waals surface area (Å²) in [5, 5.41) is 0. The van der Waals surface area contributed by atoms with Gasteiger partial charge >= 0.3 is 5.97 Å². The fourth-order valence-corrected chi connectivity index (χ4v) is 5.85. The molecule has 0 amide bonds. The molecule has 0 aromatic rings. The number of carbonyl (C=O) groups is 3. The van der Waals surface area contributed by atoms with E-state index in [1.54, 1.807) is 13.0 Å². The average Bonchev–Trinajstić information content (AvgIpc) is 3.17. The summed E-state index contributed by atoms with van der Waals surface area (Å²) in [6.45, 7) is 1.75. The van der Waals surface area contributed by atoms with Crippen molar-refractivity contribution in [1.82, 2.24) is 0 Å². The highest BCUT2D eigenvalue weighted by atomic mass is 16.8. The molecule has 6 atom stereocenters. The van der Waals surface area contributed by atoms with Crippen LogP contribution in [-0.2, 0) is 33.3 Å². The molecule has 5 rings (SSSR count). The van der Waals surface area contributed by atoms with Gasteiger partial charge in [-0.25, -0.2) is 0 Å². The van der Waals surface area contributed by atoms with Gasteiger partial charge in [0, 0.05) is 18.8 Å². The monoisotopic (exact) mass is 388 g/mol. The second-order valence-electron chi connectivity index (χ2n) is 8.48. The quantitative estimate of drug-likeness (QED) is 0.502. The van der Waals surface area contributed by atoms with Gasteiger partial charge in [0.2, 0.25) is 6.29 Å². The molecular formula is C21H24O7. The fraction of sp³-hybridized carbons (Fsp3) is 0.667. The minimum atomic E-state index is -1.58. The van der Waals surface area contributed by atoms with Crippen LogP contribution in [0.3, 0.4) is 0 Å². The van der Waals surface area contributed by atoms with E-state index >= 15 is 0 Å². The standard InChI is InChI=1S/C21H24O7/c1-11-10-13-15(16-12(22)6-7-14(23)21(11,16)19(24)25-2)17-18(26-13)28-20(27-17)8-4-3-5-9-20/h6-7,10-11,15-18H,3-5,8-9H2,1-2H3/t11-,15?,16?,17?,18?,21-/m0/s1. The fourth-order valence-electron chi connectivity index (χ4n) is 5.85. The summed E-state index contributed by atoms with van der Waals surface area (Å²) in [6.07, 6.45) is 7.83. The first-order valence-electron chi connectivity index (χ1n) is 10.0. The summed E-state index contributed by atoms with van der Waals surface area (Å²) >= 11 is 0. The molecule has 7 nitrogen and oxygen atoms in total. The van der Waals surface area contributed by atoms with E-state index in [1.165, 1.54) is 19.3 Å². The second-order valence-corrected chi connectivity index (χ2v) is 8.48. The first kappa shape index (κ1) is 18.1. The number of hydrogen-bond donors (Lipinski definition) is 0. The van der Waals surface area contributed by atoms with E-state index < -0.39 is 53.1 Å². The normalized spacial score (nSPS) is 43.1. The molecular weight excluding hydrogens is 364 g/mol. The lowest BCUT2D eigenvalue weighted by Crippen LogP contribution is -2.59. The van der Waals surface area contributed by atoms with Gasteiger partial charge in [-0.2, -0.15) is 0 Å². The lowest BCUT2D eigenvalue weighted by molar-refractivity contribution is -0.227. The van der Waals surface area contributed by atoms with Gasteiger partial charge in [-0.3, -0.25) is 14.4 Å². The molecule has 1 spiro atoms. The van der Waals surface area contributed by atoms with Crippen LogP contribution in [0.15, 0.2) is 24.0 Å². The zero-order chi connectivity index (χ0) is 19.7. The van der Waals surface area contributed by atoms with Crippen molar-refractivity contribution in [1.29, 1.82) is 0 Å². The molecule has 150 valence electrons. The molecule has 3 fully saturated rings. The van der Waals surface area contributed by atoms with Crippen LogP contribution >= 0.6 is 0 Å². The summed E-state index contributed by atoms with van der Waals surface area (Å²) in [7, 11) is 1.25. The second kappa shape index (κ2) is 6.00. The molecule has 0 bridgehead atoms. The number of esters is 1. The summed E-state index contributed by atoms with van der Waals surface area (Å²) in [5.74, 6) is -3.46. The highest BCUT2D eigenvalue weighted by Gasteiger charge is 2.70. The van der Waals surface area contributed by atoms with Gasteiger partial charge in [-0.1, -0.05) is 13.3 Å². The van der Waals surface area contributed by atoms with Crippen molar-refractivity contribution in [3.63, 3.8) is 0 Å². The third kappa shape index (κ3) is 2.14. The Balaban J connectivity index is 1.59. The summed E-state index contributed by atoms with van der Waals surface area (Å²) in [6, 6.07) is 0. The van der Waals surface area contributed by atoms with Gasteiger partial charge in [0.25, 0.3) is 0 Å². The van der Waals surface area contributed by atoms with Gasteiger partial charge in [-0.05, 0) is 31.1 Å². The van der Waals surface area contributed by atoms with Crippen LogP contribution < -0.4 is 0 Å². The lowest BCUT2D eigenvalue weighted by atomic mass is 9.53. The molecule has 7 heteroatoms. The topological polar surface area (TPSA) is 88.1 Å². The Labute approximate surface area is 163 Å². The van der Waals surface area contributed by atoms with Crippen molar-refractivity contribution in [3.8, 4) is 0 Å². The third-order valence-electron chi connectivity index (χ3n) is 7.12. The Hall–Kier alpha value is -1.99. The van der Waals surface area contributed by atoms with Gasteiger partial charge < -0.3 is 18.9 Å². The number of carbonyl (C=O) groups excluding carboxylic acids is 3. The minimum Gasteiger partial charge on any atom is -0.468 e. The molecule has 2 heterocycles. The van der Waals surface area contributed by atoms with Gasteiger partial charge in [0.15, 0.2) is 17.4 Å². The van der Waals surface area contributed by atoms with E-state index in [4.69, 9.17) is 18.9 Å². The van der Waals surface area contributed by atoms with Crippen molar-refractivity contribution >= 4 is 17.5 Å². The number of ether oxygens (including phenoxy) is 4. The molecule has 0 N–H and O–H groups in total. The van der Waals surface area contributed by atoms with Crippen molar-refractivity contribution in [2.45, 2.75) is 57.2 Å². The molecule has 0 aromatic carbocycles. The van der Waals surface area contributed by atoms with Crippen LogP contribution in [0.2, 0.25) is 0 Å². The molecule has 4 unspecified atom stereocenters. The van der Waals surface area contributed by atoms with E-state index in [-0.39, 0.29) is 5.78 Å². The van der Waals surface area contributed by atoms with E-state index in [0.29, 0.717) is 5.76 Å². The molecule has 28 heavy (non-hydrogen) atoms. The number of methoxy groups -OCH3 is 1. The lowest BCUT2D eigenvalue weighted by Gasteiger charge is -2.46. The molecule has 0 aromatic heterocycles. The van der Waals surface area contributed by atoms with E-state index in [9.17, 15) is 14.4 Å². The van der Waals surface area contributed by atoms with Crippen LogP contribution in [0.1, 0.15) is 39.0 Å². The minimum absolute atomic E-state index is 0.273. The Morgan fingerprint density at radius 3 is 2.61 bits per heavy atom. The Kier molecular flexibility index (Phi) is 3.87. The summed E-state index contributed by atoms with van der Waals surface area (Å²) in [4.78, 5) is 38.9. The number of hydrogen-bond acceptors (Lipinski definition) is 7. The van der Waals surface area contributed by atoms with Gasteiger partial charge in [-0.15, -0.1) is 0 Å². The number of allylic oxidation sites excluding steroid dienone is 3. The van der Waals surface area contributed by atoms with Crippen LogP contribution in [0.4, 0.5) is 0 Å². The predicted octanol–water partition coefficient (Wildman–Crippen LogP) is 2.05. The van der Waals surface area contributed by atoms with Crippen LogP contribution in [-0.4, -0.2) is 42.8 Å². The molecule has 3 aliphatic carbocycles. The molecule has 5 aliphatic rings. The molecule has 2 aliphatic heterocycles. The average molecular weight is 388 g/mol. The molecule has 0 radical (unpaired) electrons. The smallest absolute Gasteiger partial charge is 0.321 e. The maximum absolute atomic E-state index is 13.0. The highest BCUT2D eigenvalue weighted by molar-refractivity contribution is 6.19. The van der Waals surface area contributed by atoms with Crippen LogP contribution in [0.25, 0.3) is 0 Å². The number of fused-ring (bicyclic) bond motifs is 5. The summed E-state index contributed by atoms with van der Waals surface area (Å²) < 4.78 is 23.6. The van der Waals surface area contributed by atoms with Crippen LogP contribution in [0, 0.1) is 23.2 Å². The zero-order valence-corrected chi connectivity index (χ0v) is 16.0. The Morgan fingerprint density at radius 1 is 1.14 bits per heavy atom. The third-order valence-corrected chi connectivity index (χ3v) is 7.12. The van der Waals surface area contributed by atoms with E-state index in [2.05, 4.69) is 0 Å². The van der Waals surface area contributed by atoms with Crippen molar-refractivity contribution in [2.24, 2.45) is 23.2 Å². The van der Waals surface area contributed by atoms with Crippen molar-refractivity contribution in [2.75, 3.05) is 7.11 Å². The van der Waals surface area contributed by atoms with E-state index in [0.717, 1.165) is 32.1 Å². The van der Waals surface area contributed by atoms with Crippen LogP contribution in [0.5, 0.6) is 0 Å². The van der Waals surface area contributed by atoms with Gasteiger partial charge in [0.1, 0.15) is 17.3 Å². The molecule has 1 saturated carbocycles. The van der Waals surface area contributed by atoms with Crippen molar-refractivity contribution < 1.29 is 33.3 Å². The zero-order valence-electron chi connectivity index (χ0n) is 16.0. The largest absolute Gasteiger partial charge is 0.468 e. The summed E-state index contributed by atoms with van der Waals surface area (Å²) in [5.41, 5.74) is -1.58. The molecule has 2 saturated heterocycles. The Bertz CT molecular complexity index is 806. The number of rotatable bonds is 1. The first-order valence-corrected chi connectivity index (χ1v) is 10.0. The maximum Gasteiger partial charge on any atom is 0.321 e. The predicted molar refractivity (Wildman–Crippen MR) is 94.5 cm³/mol. The Morgan fingerprint density at radius 2 is 1.89 bits per heavy atom. The number of ketones is 2. The van der Waals surface area contributed by atoms with Crippen molar-refractivity contribution in [3.05, 3.63) is 24.0 Å².